The number of fused-ring (bicyclic) bond motifs is 1. The molecule has 0 aliphatic carbocycles. The van der Waals surface area contributed by atoms with E-state index in [2.05, 4.69) is 0 Å². The van der Waals surface area contributed by atoms with Gasteiger partial charge in [-0.25, -0.2) is 4.79 Å². The number of carboxylic acids is 1. The second kappa shape index (κ2) is 6.73. The van der Waals surface area contributed by atoms with Gasteiger partial charge in [-0.15, -0.1) is 0 Å². The maximum atomic E-state index is 10.5. The zero-order valence-corrected chi connectivity index (χ0v) is 10.9. The highest BCUT2D eigenvalue weighted by Crippen LogP contribution is 2.25. The summed E-state index contributed by atoms with van der Waals surface area (Å²) in [6, 6.07) is 13.6. The zero-order chi connectivity index (χ0) is 14.4. The Morgan fingerprint density at radius 1 is 1.20 bits per heavy atom. The van der Waals surface area contributed by atoms with Gasteiger partial charge in [0.05, 0.1) is 13.2 Å². The number of carboxylic acid groups (broad SMARTS) is 1. The first-order valence-corrected chi connectivity index (χ1v) is 6.33. The van der Waals surface area contributed by atoms with Crippen molar-refractivity contribution in [3.63, 3.8) is 0 Å². The van der Waals surface area contributed by atoms with Crippen LogP contribution in [0.5, 0.6) is 5.75 Å². The Balaban J connectivity index is 2.10. The molecule has 0 heterocycles. The van der Waals surface area contributed by atoms with Gasteiger partial charge in [0.2, 0.25) is 0 Å². The van der Waals surface area contributed by atoms with E-state index in [4.69, 9.17) is 9.84 Å². The van der Waals surface area contributed by atoms with E-state index >= 15 is 0 Å². The summed E-state index contributed by atoms with van der Waals surface area (Å²) in [5, 5.41) is 19.9. The second-order valence-electron chi connectivity index (χ2n) is 4.43. The quantitative estimate of drug-likeness (QED) is 0.793. The van der Waals surface area contributed by atoms with Gasteiger partial charge < -0.3 is 14.9 Å². The van der Waals surface area contributed by atoms with Crippen LogP contribution in [0.25, 0.3) is 10.8 Å². The number of ether oxygens (including phenoxy) is 1. The van der Waals surface area contributed by atoms with Crippen molar-refractivity contribution in [2.45, 2.75) is 0 Å². The highest BCUT2D eigenvalue weighted by molar-refractivity contribution is 5.88. The lowest BCUT2D eigenvalue weighted by Crippen LogP contribution is -2.14. The van der Waals surface area contributed by atoms with Crippen LogP contribution in [0.3, 0.4) is 0 Å². The molecular formula is C16H16O4. The van der Waals surface area contributed by atoms with Gasteiger partial charge in [-0.05, 0) is 11.5 Å². The SMILES string of the molecule is O=C(O)C=CC(CO)COc1cccc2ccccc12. The standard InChI is InChI=1S/C16H16O4/c17-10-12(8-9-16(18)19)11-20-15-7-3-5-13-4-1-2-6-14(13)15/h1-9,12,17H,10-11H2,(H,18,19). The van der Waals surface area contributed by atoms with Crippen molar-refractivity contribution in [2.75, 3.05) is 13.2 Å². The smallest absolute Gasteiger partial charge is 0.327 e. The second-order valence-corrected chi connectivity index (χ2v) is 4.43. The number of hydrogen-bond donors (Lipinski definition) is 2. The molecule has 4 heteroatoms. The van der Waals surface area contributed by atoms with Crippen molar-refractivity contribution >= 4 is 16.7 Å². The van der Waals surface area contributed by atoms with Gasteiger partial charge in [-0.3, -0.25) is 0 Å². The van der Waals surface area contributed by atoms with Crippen molar-refractivity contribution in [3.8, 4) is 5.75 Å². The third kappa shape index (κ3) is 3.59. The van der Waals surface area contributed by atoms with Gasteiger partial charge in [0.1, 0.15) is 5.75 Å². The molecular weight excluding hydrogens is 256 g/mol. The zero-order valence-electron chi connectivity index (χ0n) is 10.9. The van der Waals surface area contributed by atoms with E-state index in [-0.39, 0.29) is 19.1 Å². The molecule has 0 amide bonds. The average molecular weight is 272 g/mol. The summed E-state index contributed by atoms with van der Waals surface area (Å²) in [7, 11) is 0. The highest BCUT2D eigenvalue weighted by atomic mass is 16.5. The molecule has 2 aromatic rings. The minimum absolute atomic E-state index is 0.158. The molecule has 20 heavy (non-hydrogen) atoms. The molecule has 2 rings (SSSR count). The normalized spacial score (nSPS) is 12.7. The van der Waals surface area contributed by atoms with E-state index in [1.54, 1.807) is 0 Å². The van der Waals surface area contributed by atoms with Crippen LogP contribution in [-0.2, 0) is 4.79 Å². The fourth-order valence-corrected chi connectivity index (χ4v) is 1.91. The molecule has 2 N–H and O–H groups in total. The molecule has 0 saturated heterocycles. The van der Waals surface area contributed by atoms with Crippen molar-refractivity contribution in [1.29, 1.82) is 0 Å². The molecule has 0 radical (unpaired) electrons. The van der Waals surface area contributed by atoms with Crippen molar-refractivity contribution < 1.29 is 19.7 Å². The average Bonchev–Trinajstić information content (AvgIpc) is 2.47. The summed E-state index contributed by atoms with van der Waals surface area (Å²) in [5.74, 6) is -0.649. The van der Waals surface area contributed by atoms with E-state index in [0.717, 1.165) is 22.6 Å². The summed E-state index contributed by atoms with van der Waals surface area (Å²) in [6.07, 6.45) is 2.46. The van der Waals surface area contributed by atoms with Crippen LogP contribution in [0.1, 0.15) is 0 Å². The summed E-state index contributed by atoms with van der Waals surface area (Å²) >= 11 is 0. The highest BCUT2D eigenvalue weighted by Gasteiger charge is 2.07. The number of benzene rings is 2. The molecule has 0 aromatic heterocycles. The molecule has 1 unspecified atom stereocenters. The van der Waals surface area contributed by atoms with E-state index in [0.29, 0.717) is 0 Å². The first kappa shape index (κ1) is 14.1. The van der Waals surface area contributed by atoms with Gasteiger partial charge in [-0.1, -0.05) is 42.5 Å². The molecule has 1 atom stereocenters. The van der Waals surface area contributed by atoms with Crippen molar-refractivity contribution in [1.82, 2.24) is 0 Å². The minimum atomic E-state index is -1.03. The lowest BCUT2D eigenvalue weighted by atomic mass is 10.1. The lowest BCUT2D eigenvalue weighted by molar-refractivity contribution is -0.131. The third-order valence-electron chi connectivity index (χ3n) is 2.95. The summed E-state index contributed by atoms with van der Waals surface area (Å²) in [4.78, 5) is 10.5. The van der Waals surface area contributed by atoms with Crippen LogP contribution in [-0.4, -0.2) is 29.4 Å². The first-order valence-electron chi connectivity index (χ1n) is 6.33. The molecule has 0 bridgehead atoms. The third-order valence-corrected chi connectivity index (χ3v) is 2.95. The predicted octanol–water partition coefficient (Wildman–Crippen LogP) is 2.47. The van der Waals surface area contributed by atoms with E-state index < -0.39 is 5.97 Å². The fourth-order valence-electron chi connectivity index (χ4n) is 1.91. The topological polar surface area (TPSA) is 66.8 Å². The van der Waals surface area contributed by atoms with E-state index in [1.807, 2.05) is 42.5 Å². The number of rotatable bonds is 6. The fraction of sp³-hybridized carbons (Fsp3) is 0.188. The Labute approximate surface area is 116 Å². The van der Waals surface area contributed by atoms with Crippen LogP contribution in [0.4, 0.5) is 0 Å². The molecule has 4 nitrogen and oxygen atoms in total. The monoisotopic (exact) mass is 272 g/mol. The van der Waals surface area contributed by atoms with Crippen molar-refractivity contribution in [3.05, 3.63) is 54.6 Å². The molecule has 104 valence electrons. The summed E-state index contributed by atoms with van der Waals surface area (Å²) in [6.45, 7) is 0.0723. The summed E-state index contributed by atoms with van der Waals surface area (Å²) in [5.41, 5.74) is 0. The maximum Gasteiger partial charge on any atom is 0.327 e. The van der Waals surface area contributed by atoms with Gasteiger partial charge in [0, 0.05) is 17.4 Å². The van der Waals surface area contributed by atoms with Crippen LogP contribution >= 0.6 is 0 Å². The number of carbonyl (C=O) groups is 1. The Kier molecular flexibility index (Phi) is 4.74. The first-order chi connectivity index (χ1) is 9.70. The Bertz CT molecular complexity index is 613. The molecule has 2 aromatic carbocycles. The van der Waals surface area contributed by atoms with Gasteiger partial charge in [0.15, 0.2) is 0 Å². The van der Waals surface area contributed by atoms with Crippen molar-refractivity contribution in [2.24, 2.45) is 5.92 Å². The van der Waals surface area contributed by atoms with E-state index in [9.17, 15) is 9.90 Å². The molecule has 0 fully saturated rings. The largest absolute Gasteiger partial charge is 0.492 e. The number of aliphatic hydroxyl groups is 1. The molecule has 0 aliphatic rings. The molecule has 0 spiro atoms. The van der Waals surface area contributed by atoms with Crippen LogP contribution < -0.4 is 4.74 Å². The number of hydrogen-bond acceptors (Lipinski definition) is 3. The van der Waals surface area contributed by atoms with Gasteiger partial charge >= 0.3 is 5.97 Å². The van der Waals surface area contributed by atoms with Crippen LogP contribution in [0, 0.1) is 5.92 Å². The lowest BCUT2D eigenvalue weighted by Gasteiger charge is -2.13. The number of aliphatic hydroxyl groups excluding tert-OH is 1. The Morgan fingerprint density at radius 3 is 2.70 bits per heavy atom. The van der Waals surface area contributed by atoms with E-state index in [1.165, 1.54) is 6.08 Å². The Hall–Kier alpha value is -2.33. The molecule has 0 aliphatic heterocycles. The van der Waals surface area contributed by atoms with Crippen LogP contribution in [0.15, 0.2) is 54.6 Å². The Morgan fingerprint density at radius 2 is 1.95 bits per heavy atom. The summed E-state index contributed by atoms with van der Waals surface area (Å²) < 4.78 is 5.70. The maximum absolute atomic E-state index is 10.5. The van der Waals surface area contributed by atoms with Gasteiger partial charge in [-0.2, -0.15) is 0 Å². The minimum Gasteiger partial charge on any atom is -0.492 e. The molecule has 0 saturated carbocycles. The predicted molar refractivity (Wildman–Crippen MR) is 76.8 cm³/mol. The van der Waals surface area contributed by atoms with Gasteiger partial charge in [0.25, 0.3) is 0 Å². The number of aliphatic carboxylic acids is 1. The van der Waals surface area contributed by atoms with Crippen LogP contribution in [0.2, 0.25) is 0 Å².